The van der Waals surface area contributed by atoms with Crippen molar-refractivity contribution in [3.63, 3.8) is 0 Å². The number of rotatable bonds is 0. The molecule has 0 aromatic heterocycles. The van der Waals surface area contributed by atoms with E-state index in [1.54, 1.807) is 12.1 Å². The van der Waals surface area contributed by atoms with Gasteiger partial charge in [0.15, 0.2) is 0 Å². The molecule has 0 unspecified atom stereocenters. The molecule has 0 aliphatic rings. The van der Waals surface area contributed by atoms with Crippen LogP contribution in [0.3, 0.4) is 0 Å². The average molecular weight is 216 g/mol. The van der Waals surface area contributed by atoms with Crippen molar-refractivity contribution in [3.05, 3.63) is 42.6 Å². The summed E-state index contributed by atoms with van der Waals surface area (Å²) < 4.78 is 41.1. The van der Waals surface area contributed by atoms with Crippen molar-refractivity contribution in [3.8, 4) is 0 Å². The first-order valence-electron chi connectivity index (χ1n) is 3.02. The van der Waals surface area contributed by atoms with Crippen LogP contribution in [0.15, 0.2) is 24.3 Å². The molecule has 1 aromatic carbocycles. The molecular weight excluding hydrogens is 210 g/mol. The first-order chi connectivity index (χ1) is 5.52. The third-order valence-electron chi connectivity index (χ3n) is 0.913. The summed E-state index contributed by atoms with van der Waals surface area (Å²) in [5.41, 5.74) is 0.839. The summed E-state index contributed by atoms with van der Waals surface area (Å²) in [4.78, 5) is 0. The van der Waals surface area contributed by atoms with Gasteiger partial charge in [0.25, 0.3) is 0 Å². The van der Waals surface area contributed by atoms with E-state index in [-0.39, 0.29) is 57.2 Å². The average Bonchev–Trinajstić information content (AvgIpc) is 1.94. The van der Waals surface area contributed by atoms with E-state index in [2.05, 4.69) is 6.92 Å². The van der Waals surface area contributed by atoms with Crippen LogP contribution in [0.25, 0.3) is 0 Å². The molecule has 6 heteroatoms. The van der Waals surface area contributed by atoms with Gasteiger partial charge in [0, 0.05) is 0 Å². The second kappa shape index (κ2) is 9.08. The number of hydrogen-bond acceptors (Lipinski definition) is 0. The second-order valence-corrected chi connectivity index (χ2v) is 1.87. The molecule has 0 heterocycles. The van der Waals surface area contributed by atoms with Gasteiger partial charge in [0.1, 0.15) is 0 Å². The molecular formula is C7H6BF4K. The van der Waals surface area contributed by atoms with Crippen LogP contribution in [-0.4, -0.2) is 7.54 Å². The molecule has 0 amide bonds. The van der Waals surface area contributed by atoms with E-state index >= 15 is 0 Å². The van der Waals surface area contributed by atoms with Crippen LogP contribution >= 0.6 is 0 Å². The Kier molecular flexibility index (Phi) is 11.1. The monoisotopic (exact) mass is 216 g/mol. The number of benzene rings is 1. The van der Waals surface area contributed by atoms with Crippen LogP contribution in [0, 0.1) is 12.7 Å². The standard InChI is InChI=1S/C7H6F.BF3.K/c1-6-2-4-7(8)5-3-6;2-1(3)4;/h2-5H,1H2;;/q-1;;+1. The summed E-state index contributed by atoms with van der Waals surface area (Å²) in [6.45, 7) is 3.60. The van der Waals surface area contributed by atoms with E-state index in [1.807, 2.05) is 0 Å². The van der Waals surface area contributed by atoms with Crippen molar-refractivity contribution in [1.29, 1.82) is 0 Å². The molecule has 0 aliphatic carbocycles. The van der Waals surface area contributed by atoms with Gasteiger partial charge in [-0.25, -0.2) is 4.39 Å². The molecule has 0 fully saturated rings. The molecule has 0 bridgehead atoms. The number of halogens is 4. The van der Waals surface area contributed by atoms with Gasteiger partial charge in [-0.2, -0.15) is 24.6 Å². The van der Waals surface area contributed by atoms with Crippen molar-refractivity contribution in [1.82, 2.24) is 0 Å². The van der Waals surface area contributed by atoms with Gasteiger partial charge in [-0.1, -0.05) is 12.1 Å². The van der Waals surface area contributed by atoms with Gasteiger partial charge in [0.05, 0.1) is 5.82 Å². The molecule has 0 saturated carbocycles. The van der Waals surface area contributed by atoms with Crippen LogP contribution in [0.4, 0.5) is 17.3 Å². The Morgan fingerprint density at radius 2 is 1.31 bits per heavy atom. The SMILES string of the molecule is FB(F)F.[CH2-]c1ccc(F)cc1.[K+]. The zero-order chi connectivity index (χ0) is 9.56. The molecule has 0 nitrogen and oxygen atoms in total. The first-order valence-corrected chi connectivity index (χ1v) is 3.02. The van der Waals surface area contributed by atoms with E-state index in [0.29, 0.717) is 0 Å². The Morgan fingerprint density at radius 1 is 1.00 bits per heavy atom. The second-order valence-electron chi connectivity index (χ2n) is 1.87. The summed E-state index contributed by atoms with van der Waals surface area (Å²) >= 11 is 0. The van der Waals surface area contributed by atoms with Crippen molar-refractivity contribution in [2.45, 2.75) is 0 Å². The fourth-order valence-corrected chi connectivity index (χ4v) is 0.484. The van der Waals surface area contributed by atoms with Crippen LogP contribution in [0.2, 0.25) is 0 Å². The smallest absolute Gasteiger partial charge is 0.254 e. The third kappa shape index (κ3) is 12.5. The largest absolute Gasteiger partial charge is 1.00 e. The van der Waals surface area contributed by atoms with E-state index in [0.717, 1.165) is 5.56 Å². The Bertz CT molecular complexity index is 190. The first kappa shape index (κ1) is 16.0. The molecule has 0 spiro atoms. The van der Waals surface area contributed by atoms with Crippen molar-refractivity contribution in [2.24, 2.45) is 0 Å². The molecule has 1 rings (SSSR count). The zero-order valence-corrected chi connectivity index (χ0v) is 10.2. The molecule has 0 aliphatic heterocycles. The van der Waals surface area contributed by atoms with Crippen molar-refractivity contribution in [2.75, 3.05) is 0 Å². The van der Waals surface area contributed by atoms with E-state index in [4.69, 9.17) is 0 Å². The Morgan fingerprint density at radius 3 is 1.54 bits per heavy atom. The fourth-order valence-electron chi connectivity index (χ4n) is 0.484. The van der Waals surface area contributed by atoms with Crippen LogP contribution in [0.5, 0.6) is 0 Å². The maximum atomic E-state index is 12.1. The Hall–Kier alpha value is 0.511. The molecule has 0 N–H and O–H groups in total. The molecule has 13 heavy (non-hydrogen) atoms. The minimum Gasteiger partial charge on any atom is -0.254 e. The molecule has 1 aromatic rings. The van der Waals surface area contributed by atoms with Gasteiger partial charge in [-0.05, 0) is 0 Å². The fraction of sp³-hybridized carbons (Fsp3) is 0. The maximum absolute atomic E-state index is 12.1. The van der Waals surface area contributed by atoms with Gasteiger partial charge in [0.2, 0.25) is 0 Å². The van der Waals surface area contributed by atoms with Crippen LogP contribution < -0.4 is 51.4 Å². The third-order valence-corrected chi connectivity index (χ3v) is 0.913. The summed E-state index contributed by atoms with van der Waals surface area (Å²) in [6, 6.07) is 6.05. The molecule has 0 radical (unpaired) electrons. The predicted molar refractivity (Wildman–Crippen MR) is 39.9 cm³/mol. The van der Waals surface area contributed by atoms with E-state index < -0.39 is 7.54 Å². The van der Waals surface area contributed by atoms with Crippen LogP contribution in [0.1, 0.15) is 5.56 Å². The van der Waals surface area contributed by atoms with E-state index in [1.165, 1.54) is 12.1 Å². The minimum absolute atomic E-state index is 0. The molecule has 0 saturated heterocycles. The quantitative estimate of drug-likeness (QED) is 0.322. The predicted octanol–water partition coefficient (Wildman–Crippen LogP) is -0.108. The van der Waals surface area contributed by atoms with Crippen LogP contribution in [-0.2, 0) is 0 Å². The summed E-state index contributed by atoms with van der Waals surface area (Å²) in [5, 5.41) is 0. The molecule has 0 atom stereocenters. The Labute approximate surface area is 117 Å². The summed E-state index contributed by atoms with van der Waals surface area (Å²) in [5.74, 6) is -0.211. The van der Waals surface area contributed by atoms with Gasteiger partial charge < -0.3 is 0 Å². The topological polar surface area (TPSA) is 0 Å². The maximum Gasteiger partial charge on any atom is 1.00 e. The Balaban J connectivity index is 0. The van der Waals surface area contributed by atoms with Crippen molar-refractivity contribution < 1.29 is 68.7 Å². The summed E-state index contributed by atoms with van der Waals surface area (Å²) in [6.07, 6.45) is 0. The van der Waals surface area contributed by atoms with E-state index in [9.17, 15) is 17.3 Å². The normalized spacial score (nSPS) is 7.69. The van der Waals surface area contributed by atoms with Crippen molar-refractivity contribution >= 4 is 7.54 Å². The molecule has 66 valence electrons. The van der Waals surface area contributed by atoms with Gasteiger partial charge in [-0.15, -0.1) is 0 Å². The van der Waals surface area contributed by atoms with Gasteiger partial charge in [-0.3, -0.25) is 12.9 Å². The number of hydrogen-bond donors (Lipinski definition) is 0. The summed E-state index contributed by atoms with van der Waals surface area (Å²) in [7, 11) is -3.67. The zero-order valence-electron chi connectivity index (χ0n) is 7.11. The van der Waals surface area contributed by atoms with Gasteiger partial charge >= 0.3 is 58.9 Å². The minimum atomic E-state index is -3.67.